The first kappa shape index (κ1) is 22.3. The van der Waals surface area contributed by atoms with Crippen molar-refractivity contribution in [1.82, 2.24) is 0 Å². The summed E-state index contributed by atoms with van der Waals surface area (Å²) in [5.41, 5.74) is -1.36. The van der Waals surface area contributed by atoms with E-state index in [0.717, 1.165) is 24.8 Å². The van der Waals surface area contributed by atoms with E-state index in [-0.39, 0.29) is 41.6 Å². The Kier molecular flexibility index (Phi) is 5.23. The van der Waals surface area contributed by atoms with Crippen LogP contribution in [0.25, 0.3) is 0 Å². The summed E-state index contributed by atoms with van der Waals surface area (Å²) >= 11 is 0. The van der Waals surface area contributed by atoms with E-state index in [1.54, 1.807) is 6.92 Å². The van der Waals surface area contributed by atoms with Crippen molar-refractivity contribution in [3.63, 3.8) is 0 Å². The number of esters is 1. The topological polar surface area (TPSA) is 101 Å². The maximum atomic E-state index is 13.0. The molecule has 7 atom stereocenters. The first-order valence-electron chi connectivity index (χ1n) is 11.6. The number of allylic oxidation sites excluding steroid dienone is 3. The second-order valence-electron chi connectivity index (χ2n) is 10.5. The molecule has 31 heavy (non-hydrogen) atoms. The number of ether oxygens (including phenoxy) is 1. The van der Waals surface area contributed by atoms with Crippen LogP contribution >= 0.6 is 0 Å². The summed E-state index contributed by atoms with van der Waals surface area (Å²) in [6, 6.07) is 0. The van der Waals surface area contributed by atoms with E-state index in [1.165, 1.54) is 6.08 Å². The number of hydrogen-bond acceptors (Lipinski definition) is 6. The molecule has 1 unspecified atom stereocenters. The normalized spacial score (nSPS) is 43.8. The van der Waals surface area contributed by atoms with Gasteiger partial charge in [0.1, 0.15) is 6.61 Å². The SMILES string of the molecule is CCC(=O)O[C@]1(C(=O)CO)CC[C@H]2[C@@H]3CC(C)C4=C(O)C(=O)C=C[C@]4(C)[C@H]3CC[C@@]21C. The first-order valence-corrected chi connectivity index (χ1v) is 11.6. The van der Waals surface area contributed by atoms with Crippen LogP contribution in [0, 0.1) is 34.5 Å². The monoisotopic (exact) mass is 430 g/mol. The summed E-state index contributed by atoms with van der Waals surface area (Å²) in [5, 5.41) is 20.4. The quantitative estimate of drug-likeness (QED) is 0.660. The third-order valence-electron chi connectivity index (χ3n) is 9.27. The summed E-state index contributed by atoms with van der Waals surface area (Å²) in [5.74, 6) is -0.486. The van der Waals surface area contributed by atoms with Gasteiger partial charge in [0.15, 0.2) is 11.4 Å². The van der Waals surface area contributed by atoms with Gasteiger partial charge in [0.2, 0.25) is 11.6 Å². The van der Waals surface area contributed by atoms with Gasteiger partial charge in [-0.2, -0.15) is 0 Å². The van der Waals surface area contributed by atoms with Gasteiger partial charge < -0.3 is 14.9 Å². The van der Waals surface area contributed by atoms with Crippen LogP contribution < -0.4 is 0 Å². The fraction of sp³-hybridized carbons (Fsp3) is 0.720. The molecule has 3 saturated carbocycles. The van der Waals surface area contributed by atoms with Crippen LogP contribution in [0.3, 0.4) is 0 Å². The van der Waals surface area contributed by atoms with E-state index in [0.29, 0.717) is 12.8 Å². The van der Waals surface area contributed by atoms with Crippen LogP contribution in [0.2, 0.25) is 0 Å². The van der Waals surface area contributed by atoms with E-state index in [4.69, 9.17) is 4.74 Å². The van der Waals surface area contributed by atoms with Crippen molar-refractivity contribution in [2.75, 3.05) is 6.61 Å². The third kappa shape index (κ3) is 2.83. The zero-order valence-corrected chi connectivity index (χ0v) is 18.9. The summed E-state index contributed by atoms with van der Waals surface area (Å²) in [7, 11) is 0. The molecule has 0 radical (unpaired) electrons. The highest BCUT2D eigenvalue weighted by Gasteiger charge is 2.69. The molecular formula is C25H34O6. The number of ketones is 2. The molecule has 0 heterocycles. The number of hydrogen-bond donors (Lipinski definition) is 2. The minimum atomic E-state index is -1.27. The molecule has 2 N–H and O–H groups in total. The van der Waals surface area contributed by atoms with Crippen LogP contribution in [-0.4, -0.2) is 40.0 Å². The molecule has 3 fully saturated rings. The second-order valence-corrected chi connectivity index (χ2v) is 10.5. The molecule has 0 spiro atoms. The first-order chi connectivity index (χ1) is 14.6. The van der Waals surface area contributed by atoms with Gasteiger partial charge in [-0.25, -0.2) is 0 Å². The Labute approximate surface area is 183 Å². The molecule has 6 nitrogen and oxygen atoms in total. The standard InChI is InChI=1S/C25H34O6/c1-5-20(29)31-25(19(28)13-26)11-7-17-15-12-14(2)21-22(30)18(27)8-9-23(21,3)16(15)6-10-24(17,25)4/h8-9,14-17,26,30H,5-7,10-13H2,1-4H3/t14?,15-,16+,17+,23-,24+,25+/m1/s1. The molecular weight excluding hydrogens is 396 g/mol. The van der Waals surface area contributed by atoms with Crippen molar-refractivity contribution in [1.29, 1.82) is 0 Å². The number of carbonyl (C=O) groups is 3. The number of aliphatic hydroxyl groups is 2. The van der Waals surface area contributed by atoms with Gasteiger partial charge in [-0.05, 0) is 67.4 Å². The molecule has 0 saturated heterocycles. The van der Waals surface area contributed by atoms with Crippen LogP contribution in [0.4, 0.5) is 0 Å². The summed E-state index contributed by atoms with van der Waals surface area (Å²) in [6.07, 6.45) is 7.19. The number of aliphatic hydroxyl groups excluding tert-OH is 2. The van der Waals surface area contributed by atoms with Gasteiger partial charge in [0, 0.05) is 17.3 Å². The Bertz CT molecular complexity index is 886. The number of fused-ring (bicyclic) bond motifs is 5. The molecule has 4 aliphatic rings. The zero-order valence-electron chi connectivity index (χ0n) is 18.9. The highest BCUT2D eigenvalue weighted by molar-refractivity contribution is 6.04. The van der Waals surface area contributed by atoms with Crippen molar-refractivity contribution < 1.29 is 29.3 Å². The third-order valence-corrected chi connectivity index (χ3v) is 9.27. The lowest BCUT2D eigenvalue weighted by Gasteiger charge is -2.59. The smallest absolute Gasteiger partial charge is 0.306 e. The lowest BCUT2D eigenvalue weighted by Crippen LogP contribution is -2.60. The fourth-order valence-corrected chi connectivity index (χ4v) is 7.85. The minimum Gasteiger partial charge on any atom is -0.504 e. The highest BCUT2D eigenvalue weighted by atomic mass is 16.6. The maximum absolute atomic E-state index is 13.0. The molecule has 0 aromatic heterocycles. The van der Waals surface area contributed by atoms with Crippen molar-refractivity contribution in [3.8, 4) is 0 Å². The van der Waals surface area contributed by atoms with Gasteiger partial charge in [0.05, 0.1) is 0 Å². The van der Waals surface area contributed by atoms with Gasteiger partial charge >= 0.3 is 5.97 Å². The number of Topliss-reactive ketones (excluding diaryl/α,β-unsaturated/α-hetero) is 1. The Morgan fingerprint density at radius 3 is 2.52 bits per heavy atom. The highest BCUT2D eigenvalue weighted by Crippen LogP contribution is 2.68. The van der Waals surface area contributed by atoms with Crippen molar-refractivity contribution in [3.05, 3.63) is 23.5 Å². The molecule has 4 rings (SSSR count). The molecule has 4 aliphatic carbocycles. The molecule has 0 aromatic rings. The van der Waals surface area contributed by atoms with Crippen molar-refractivity contribution in [2.24, 2.45) is 34.5 Å². The Hall–Kier alpha value is -1.95. The minimum absolute atomic E-state index is 0.0456. The van der Waals surface area contributed by atoms with Crippen LogP contribution in [0.1, 0.15) is 66.2 Å². The Morgan fingerprint density at radius 1 is 1.19 bits per heavy atom. The molecule has 0 aromatic carbocycles. The number of carbonyl (C=O) groups excluding carboxylic acids is 3. The molecule has 0 amide bonds. The number of rotatable bonds is 4. The average molecular weight is 431 g/mol. The second kappa shape index (κ2) is 7.29. The Morgan fingerprint density at radius 2 is 1.87 bits per heavy atom. The maximum Gasteiger partial charge on any atom is 0.306 e. The zero-order chi connectivity index (χ0) is 22.8. The van der Waals surface area contributed by atoms with Gasteiger partial charge in [-0.1, -0.05) is 33.8 Å². The lowest BCUT2D eigenvalue weighted by atomic mass is 9.45. The molecule has 0 aliphatic heterocycles. The molecule has 170 valence electrons. The van der Waals surface area contributed by atoms with Crippen molar-refractivity contribution >= 4 is 17.5 Å². The summed E-state index contributed by atoms with van der Waals surface area (Å²) in [6.45, 7) is 7.33. The van der Waals surface area contributed by atoms with Crippen LogP contribution in [0.15, 0.2) is 23.5 Å². The summed E-state index contributed by atoms with van der Waals surface area (Å²) in [4.78, 5) is 37.5. The lowest BCUT2D eigenvalue weighted by molar-refractivity contribution is -0.191. The molecule has 0 bridgehead atoms. The van der Waals surface area contributed by atoms with E-state index in [2.05, 4.69) is 20.8 Å². The Balaban J connectivity index is 1.76. The van der Waals surface area contributed by atoms with Gasteiger partial charge in [-0.15, -0.1) is 0 Å². The van der Waals surface area contributed by atoms with E-state index < -0.39 is 34.8 Å². The largest absolute Gasteiger partial charge is 0.504 e. The van der Waals surface area contributed by atoms with E-state index in [1.807, 2.05) is 6.08 Å². The average Bonchev–Trinajstić information content (AvgIpc) is 3.03. The van der Waals surface area contributed by atoms with Gasteiger partial charge in [0.25, 0.3) is 0 Å². The van der Waals surface area contributed by atoms with Crippen LogP contribution in [-0.2, 0) is 19.1 Å². The van der Waals surface area contributed by atoms with Crippen molar-refractivity contribution in [2.45, 2.75) is 71.8 Å². The molecule has 6 heteroatoms. The van der Waals surface area contributed by atoms with E-state index in [9.17, 15) is 24.6 Å². The van der Waals surface area contributed by atoms with Crippen LogP contribution in [0.5, 0.6) is 0 Å². The fourth-order valence-electron chi connectivity index (χ4n) is 7.85. The predicted molar refractivity (Wildman–Crippen MR) is 114 cm³/mol. The predicted octanol–water partition coefficient (Wildman–Crippen LogP) is 3.68. The van der Waals surface area contributed by atoms with E-state index >= 15 is 0 Å². The summed E-state index contributed by atoms with van der Waals surface area (Å²) < 4.78 is 5.89. The van der Waals surface area contributed by atoms with Gasteiger partial charge in [-0.3, -0.25) is 14.4 Å².